The van der Waals surface area contributed by atoms with E-state index in [4.69, 9.17) is 5.73 Å². The fourth-order valence-corrected chi connectivity index (χ4v) is 2.73. The molecule has 0 bridgehead atoms. The molecule has 0 aromatic rings. The van der Waals surface area contributed by atoms with Gasteiger partial charge in [-0.2, -0.15) is 0 Å². The van der Waals surface area contributed by atoms with E-state index < -0.39 is 0 Å². The van der Waals surface area contributed by atoms with E-state index in [-0.39, 0.29) is 0 Å². The molecular weight excluding hydrogens is 262 g/mol. The minimum Gasteiger partial charge on any atom is -0.398 e. The molecule has 1 saturated carbocycles. The Balaban J connectivity index is 2.66. The Morgan fingerprint density at radius 1 is 1.40 bits per heavy atom. The van der Waals surface area contributed by atoms with Crippen molar-refractivity contribution in [2.75, 3.05) is 0 Å². The number of thioether (sulfide) groups is 1. The molecule has 1 fully saturated rings. The lowest BCUT2D eigenvalue weighted by atomic mass is 9.91. The molecule has 0 saturated heterocycles. The van der Waals surface area contributed by atoms with Gasteiger partial charge in [0.25, 0.3) is 0 Å². The highest BCUT2D eigenvalue weighted by Gasteiger charge is 2.42. The smallest absolute Gasteiger partial charge is 0.0377 e. The van der Waals surface area contributed by atoms with Crippen molar-refractivity contribution in [1.82, 2.24) is 0 Å². The van der Waals surface area contributed by atoms with Gasteiger partial charge in [-0.25, -0.2) is 0 Å². The Labute approximate surface area is 129 Å². The summed E-state index contributed by atoms with van der Waals surface area (Å²) in [6, 6.07) is 0. The minimum absolute atomic E-state index is 0.365. The van der Waals surface area contributed by atoms with Crippen LogP contribution in [0.1, 0.15) is 53.4 Å². The van der Waals surface area contributed by atoms with Gasteiger partial charge in [-0.15, -0.1) is 11.8 Å². The van der Waals surface area contributed by atoms with Crippen LogP contribution in [-0.2, 0) is 0 Å². The van der Waals surface area contributed by atoms with E-state index in [0.29, 0.717) is 10.7 Å². The fraction of sp³-hybridized carbons (Fsp3) is 0.556. The SMILES string of the molecule is C=C/C(C)=C\CC1(/C(C)=C/C(N)=C/SC(C)CC)CC1. The van der Waals surface area contributed by atoms with E-state index in [1.54, 1.807) is 0 Å². The first-order chi connectivity index (χ1) is 9.43. The third-order valence-corrected chi connectivity index (χ3v) is 5.43. The molecule has 0 radical (unpaired) electrons. The van der Waals surface area contributed by atoms with Crippen LogP contribution in [0.25, 0.3) is 0 Å². The molecule has 0 aromatic carbocycles. The Morgan fingerprint density at radius 3 is 2.55 bits per heavy atom. The van der Waals surface area contributed by atoms with Gasteiger partial charge in [-0.1, -0.05) is 43.7 Å². The molecule has 1 aliphatic carbocycles. The van der Waals surface area contributed by atoms with Crippen molar-refractivity contribution in [3.63, 3.8) is 0 Å². The van der Waals surface area contributed by atoms with Crippen LogP contribution in [0, 0.1) is 5.41 Å². The van der Waals surface area contributed by atoms with Crippen LogP contribution >= 0.6 is 11.8 Å². The maximum absolute atomic E-state index is 6.12. The highest BCUT2D eigenvalue weighted by molar-refractivity contribution is 8.02. The minimum atomic E-state index is 0.365. The van der Waals surface area contributed by atoms with Crippen LogP contribution in [0.3, 0.4) is 0 Å². The lowest BCUT2D eigenvalue weighted by Gasteiger charge is -2.14. The van der Waals surface area contributed by atoms with E-state index >= 15 is 0 Å². The first-order valence-corrected chi connectivity index (χ1v) is 8.47. The van der Waals surface area contributed by atoms with Gasteiger partial charge in [0.1, 0.15) is 0 Å². The Hall–Kier alpha value is -0.890. The zero-order valence-electron chi connectivity index (χ0n) is 13.4. The molecule has 0 spiro atoms. The van der Waals surface area contributed by atoms with E-state index in [1.807, 2.05) is 17.8 Å². The third-order valence-electron chi connectivity index (χ3n) is 4.22. The third kappa shape index (κ3) is 5.24. The van der Waals surface area contributed by atoms with Gasteiger partial charge in [-0.3, -0.25) is 0 Å². The zero-order chi connectivity index (χ0) is 15.2. The summed E-state index contributed by atoms with van der Waals surface area (Å²) in [4.78, 5) is 0. The molecule has 0 aliphatic heterocycles. The van der Waals surface area contributed by atoms with Crippen molar-refractivity contribution >= 4 is 11.8 Å². The summed E-state index contributed by atoms with van der Waals surface area (Å²) in [5.41, 5.74) is 10.1. The van der Waals surface area contributed by atoms with Crippen molar-refractivity contribution < 1.29 is 0 Å². The molecule has 112 valence electrons. The van der Waals surface area contributed by atoms with Gasteiger partial charge in [0.05, 0.1) is 0 Å². The van der Waals surface area contributed by atoms with Gasteiger partial charge in [-0.05, 0) is 56.4 Å². The number of hydrogen-bond acceptors (Lipinski definition) is 2. The van der Waals surface area contributed by atoms with Crippen LogP contribution in [0.5, 0.6) is 0 Å². The molecule has 1 rings (SSSR count). The maximum Gasteiger partial charge on any atom is 0.0377 e. The van der Waals surface area contributed by atoms with E-state index in [9.17, 15) is 0 Å². The summed E-state index contributed by atoms with van der Waals surface area (Å²) >= 11 is 1.82. The monoisotopic (exact) mass is 291 g/mol. The summed E-state index contributed by atoms with van der Waals surface area (Å²) in [6.07, 6.45) is 11.2. The number of allylic oxidation sites excluding steroid dienone is 5. The van der Waals surface area contributed by atoms with Crippen molar-refractivity contribution in [2.45, 2.75) is 58.6 Å². The second kappa shape index (κ2) is 7.78. The molecule has 2 heteroatoms. The molecule has 0 heterocycles. The van der Waals surface area contributed by atoms with Crippen molar-refractivity contribution in [1.29, 1.82) is 0 Å². The predicted octanol–water partition coefficient (Wildman–Crippen LogP) is 5.57. The summed E-state index contributed by atoms with van der Waals surface area (Å²) in [5, 5.41) is 2.73. The Morgan fingerprint density at radius 2 is 2.05 bits per heavy atom. The molecular formula is C18H29NS. The molecule has 20 heavy (non-hydrogen) atoms. The van der Waals surface area contributed by atoms with Crippen LogP contribution in [0.4, 0.5) is 0 Å². The second-order valence-electron chi connectivity index (χ2n) is 5.94. The Kier molecular flexibility index (Phi) is 6.67. The van der Waals surface area contributed by atoms with E-state index in [0.717, 1.165) is 12.1 Å². The topological polar surface area (TPSA) is 26.0 Å². The lowest BCUT2D eigenvalue weighted by molar-refractivity contribution is 0.616. The van der Waals surface area contributed by atoms with Gasteiger partial charge < -0.3 is 5.73 Å². The quantitative estimate of drug-likeness (QED) is 0.592. The van der Waals surface area contributed by atoms with E-state index in [2.05, 4.69) is 51.8 Å². The lowest BCUT2D eigenvalue weighted by Crippen LogP contribution is -2.04. The first kappa shape index (κ1) is 17.2. The molecule has 2 N–H and O–H groups in total. The first-order valence-electron chi connectivity index (χ1n) is 7.52. The Bertz CT molecular complexity index is 425. The van der Waals surface area contributed by atoms with Crippen LogP contribution < -0.4 is 5.73 Å². The zero-order valence-corrected chi connectivity index (χ0v) is 14.2. The van der Waals surface area contributed by atoms with Crippen LogP contribution in [-0.4, -0.2) is 5.25 Å². The summed E-state index contributed by atoms with van der Waals surface area (Å²) in [5.74, 6) is 0. The van der Waals surface area contributed by atoms with Gasteiger partial charge >= 0.3 is 0 Å². The largest absolute Gasteiger partial charge is 0.398 e. The summed E-state index contributed by atoms with van der Waals surface area (Å²) in [7, 11) is 0. The molecule has 1 atom stereocenters. The maximum atomic E-state index is 6.12. The molecule has 0 amide bonds. The number of hydrogen-bond donors (Lipinski definition) is 1. The van der Waals surface area contributed by atoms with Crippen LogP contribution in [0.15, 0.2) is 47.1 Å². The van der Waals surface area contributed by atoms with Crippen molar-refractivity contribution in [2.24, 2.45) is 11.1 Å². The van der Waals surface area contributed by atoms with Crippen LogP contribution in [0.2, 0.25) is 0 Å². The van der Waals surface area contributed by atoms with Gasteiger partial charge in [0.15, 0.2) is 0 Å². The second-order valence-corrected chi connectivity index (χ2v) is 7.25. The molecule has 1 unspecified atom stereocenters. The highest BCUT2D eigenvalue weighted by atomic mass is 32.2. The molecule has 0 aromatic heterocycles. The number of rotatable bonds is 8. The van der Waals surface area contributed by atoms with E-state index in [1.165, 1.54) is 30.4 Å². The summed E-state index contributed by atoms with van der Waals surface area (Å²) in [6.45, 7) is 12.6. The highest BCUT2D eigenvalue weighted by Crippen LogP contribution is 2.55. The normalized spacial score (nSPS) is 20.7. The summed E-state index contributed by atoms with van der Waals surface area (Å²) < 4.78 is 0. The fourth-order valence-electron chi connectivity index (χ4n) is 2.08. The average Bonchev–Trinajstić information content (AvgIpc) is 3.23. The standard InChI is InChI=1S/C18H29NS/c1-6-14(3)8-9-18(10-11-18)15(4)12-17(19)13-20-16(5)7-2/h6,8,12-13,16H,1,7,9-11,19H2,2-5H3/b14-8-,15-12+,17-13-. The number of nitrogens with two attached hydrogens (primary N) is 1. The molecule has 1 nitrogen and oxygen atoms in total. The predicted molar refractivity (Wildman–Crippen MR) is 93.6 cm³/mol. The molecule has 1 aliphatic rings. The average molecular weight is 292 g/mol. The van der Waals surface area contributed by atoms with Gasteiger partial charge in [0, 0.05) is 10.9 Å². The van der Waals surface area contributed by atoms with Gasteiger partial charge in [0.2, 0.25) is 0 Å². The van der Waals surface area contributed by atoms with Crippen molar-refractivity contribution in [3.8, 4) is 0 Å². The van der Waals surface area contributed by atoms with Crippen molar-refractivity contribution in [3.05, 3.63) is 47.1 Å².